The Hall–Kier alpha value is -1.47. The van der Waals surface area contributed by atoms with E-state index in [1.807, 2.05) is 11.8 Å². The number of anilines is 2. The minimum absolute atomic E-state index is 0.103. The highest BCUT2D eigenvalue weighted by molar-refractivity contribution is 5.49. The summed E-state index contributed by atoms with van der Waals surface area (Å²) in [7, 11) is 0. The van der Waals surface area contributed by atoms with Gasteiger partial charge in [-0.1, -0.05) is 6.92 Å². The van der Waals surface area contributed by atoms with E-state index in [9.17, 15) is 8.78 Å². The number of nitrogens with zero attached hydrogens (tertiary/aromatic N) is 3. The molecule has 0 bridgehead atoms. The molecule has 0 aliphatic carbocycles. The highest BCUT2D eigenvalue weighted by Gasteiger charge is 2.22. The molecule has 2 N–H and O–H groups in total. The van der Waals surface area contributed by atoms with Gasteiger partial charge in [-0.05, 0) is 6.42 Å². The van der Waals surface area contributed by atoms with E-state index in [4.69, 9.17) is 5.11 Å². The lowest BCUT2D eigenvalue weighted by Crippen LogP contribution is -2.47. The fourth-order valence-corrected chi connectivity index (χ4v) is 2.37. The molecule has 0 aromatic carbocycles. The molecule has 5 nitrogen and oxygen atoms in total. The van der Waals surface area contributed by atoms with Crippen molar-refractivity contribution in [2.24, 2.45) is 0 Å². The van der Waals surface area contributed by atoms with Gasteiger partial charge in [0.25, 0.3) is 0 Å². The minimum Gasteiger partial charge on any atom is -0.395 e. The van der Waals surface area contributed by atoms with Crippen molar-refractivity contribution in [1.29, 1.82) is 0 Å². The van der Waals surface area contributed by atoms with E-state index < -0.39 is 11.6 Å². The number of pyridine rings is 1. The molecule has 1 aliphatic heterocycles. The molecule has 1 aliphatic rings. The van der Waals surface area contributed by atoms with Gasteiger partial charge in [-0.3, -0.25) is 4.90 Å². The number of rotatable bonds is 6. The van der Waals surface area contributed by atoms with Crippen LogP contribution in [0.2, 0.25) is 0 Å². The van der Waals surface area contributed by atoms with Crippen LogP contribution in [0.15, 0.2) is 6.07 Å². The predicted molar refractivity (Wildman–Crippen MR) is 78.7 cm³/mol. The minimum atomic E-state index is -0.663. The topological polar surface area (TPSA) is 51.6 Å². The quantitative estimate of drug-likeness (QED) is 0.829. The van der Waals surface area contributed by atoms with Crippen LogP contribution < -0.4 is 10.2 Å². The zero-order chi connectivity index (χ0) is 15.2. The molecule has 0 unspecified atom stereocenters. The standard InChI is InChI=1S/C14H22F2N4O/c1-2-3-17-13-11(15)10-12(16)14(18-13)20-6-4-19(5-7-20)8-9-21/h10,21H,2-9H2,1H3,(H,17,18). The lowest BCUT2D eigenvalue weighted by atomic mass is 10.3. The molecular weight excluding hydrogens is 278 g/mol. The van der Waals surface area contributed by atoms with E-state index in [1.165, 1.54) is 0 Å². The molecule has 118 valence electrons. The fourth-order valence-electron chi connectivity index (χ4n) is 2.37. The average molecular weight is 300 g/mol. The Morgan fingerprint density at radius 3 is 2.57 bits per heavy atom. The molecular formula is C14H22F2N4O. The zero-order valence-corrected chi connectivity index (χ0v) is 12.3. The third-order valence-corrected chi connectivity index (χ3v) is 3.54. The summed E-state index contributed by atoms with van der Waals surface area (Å²) >= 11 is 0. The molecule has 1 aromatic rings. The van der Waals surface area contributed by atoms with E-state index in [0.717, 1.165) is 25.6 Å². The van der Waals surface area contributed by atoms with E-state index in [0.29, 0.717) is 26.2 Å². The maximum atomic E-state index is 14.0. The maximum Gasteiger partial charge on any atom is 0.168 e. The van der Waals surface area contributed by atoms with E-state index >= 15 is 0 Å². The van der Waals surface area contributed by atoms with Crippen LogP contribution in [0.5, 0.6) is 0 Å². The van der Waals surface area contributed by atoms with Crippen LogP contribution in [0.3, 0.4) is 0 Å². The van der Waals surface area contributed by atoms with Crippen molar-refractivity contribution in [2.45, 2.75) is 13.3 Å². The summed E-state index contributed by atoms with van der Waals surface area (Å²) in [5, 5.41) is 11.8. The van der Waals surface area contributed by atoms with Gasteiger partial charge in [-0.15, -0.1) is 0 Å². The summed E-state index contributed by atoms with van der Waals surface area (Å²) in [6.07, 6.45) is 0.841. The van der Waals surface area contributed by atoms with Crippen LogP contribution in [0.25, 0.3) is 0 Å². The molecule has 21 heavy (non-hydrogen) atoms. The van der Waals surface area contributed by atoms with Gasteiger partial charge in [0.05, 0.1) is 6.61 Å². The van der Waals surface area contributed by atoms with E-state index in [1.54, 1.807) is 0 Å². The molecule has 1 saturated heterocycles. The van der Waals surface area contributed by atoms with Crippen molar-refractivity contribution in [2.75, 3.05) is 56.1 Å². The van der Waals surface area contributed by atoms with Gasteiger partial charge in [0.1, 0.15) is 0 Å². The van der Waals surface area contributed by atoms with Gasteiger partial charge in [0, 0.05) is 45.3 Å². The number of aliphatic hydroxyl groups excluding tert-OH is 1. The lowest BCUT2D eigenvalue weighted by molar-refractivity contribution is 0.188. The van der Waals surface area contributed by atoms with Gasteiger partial charge in [-0.2, -0.15) is 0 Å². The molecule has 7 heteroatoms. The third-order valence-electron chi connectivity index (χ3n) is 3.54. The highest BCUT2D eigenvalue weighted by atomic mass is 19.1. The summed E-state index contributed by atoms with van der Waals surface area (Å²) in [6.45, 7) is 6.00. The Labute approximate surface area is 123 Å². The van der Waals surface area contributed by atoms with Crippen LogP contribution in [0.4, 0.5) is 20.4 Å². The first kappa shape index (κ1) is 15.9. The maximum absolute atomic E-state index is 14.0. The van der Waals surface area contributed by atoms with Crippen LogP contribution in [-0.4, -0.2) is 60.9 Å². The predicted octanol–water partition coefficient (Wildman–Crippen LogP) is 1.30. The monoisotopic (exact) mass is 300 g/mol. The van der Waals surface area contributed by atoms with Gasteiger partial charge in [-0.25, -0.2) is 13.8 Å². The molecule has 0 radical (unpaired) electrons. The molecule has 1 aromatic heterocycles. The lowest BCUT2D eigenvalue weighted by Gasteiger charge is -2.35. The Bertz CT molecular complexity index is 465. The van der Waals surface area contributed by atoms with E-state index in [2.05, 4.69) is 15.2 Å². The summed E-state index contributed by atoms with van der Waals surface area (Å²) < 4.78 is 27.6. The van der Waals surface area contributed by atoms with Gasteiger partial charge >= 0.3 is 0 Å². The van der Waals surface area contributed by atoms with Crippen molar-refractivity contribution in [3.05, 3.63) is 17.7 Å². The van der Waals surface area contributed by atoms with Gasteiger partial charge < -0.3 is 15.3 Å². The molecule has 2 heterocycles. The first-order valence-electron chi connectivity index (χ1n) is 7.33. The van der Waals surface area contributed by atoms with Crippen molar-refractivity contribution in [1.82, 2.24) is 9.88 Å². The van der Waals surface area contributed by atoms with Crippen LogP contribution in [-0.2, 0) is 0 Å². The summed E-state index contributed by atoms with van der Waals surface area (Å²) in [5.74, 6) is -1.00. The molecule has 0 atom stereocenters. The van der Waals surface area contributed by atoms with Crippen LogP contribution in [0, 0.1) is 11.6 Å². The number of aromatic nitrogens is 1. The fraction of sp³-hybridized carbons (Fsp3) is 0.643. The van der Waals surface area contributed by atoms with Crippen LogP contribution in [0.1, 0.15) is 13.3 Å². The Morgan fingerprint density at radius 2 is 1.95 bits per heavy atom. The second-order valence-corrected chi connectivity index (χ2v) is 5.10. The first-order chi connectivity index (χ1) is 10.2. The highest BCUT2D eigenvalue weighted by Crippen LogP contribution is 2.23. The summed E-state index contributed by atoms with van der Waals surface area (Å²) in [5.41, 5.74) is 0. The number of piperazine rings is 1. The van der Waals surface area contributed by atoms with E-state index in [-0.39, 0.29) is 18.2 Å². The Balaban J connectivity index is 2.09. The van der Waals surface area contributed by atoms with Crippen LogP contribution >= 0.6 is 0 Å². The number of nitrogens with one attached hydrogen (secondary N) is 1. The van der Waals surface area contributed by atoms with Crippen molar-refractivity contribution in [3.8, 4) is 0 Å². The Morgan fingerprint density at radius 1 is 1.24 bits per heavy atom. The molecule has 0 saturated carbocycles. The number of aliphatic hydroxyl groups is 1. The zero-order valence-electron chi connectivity index (χ0n) is 12.3. The Kier molecular flexibility index (Phi) is 5.69. The number of β-amino-alcohol motifs (C(OH)–C–C–N with tert-alkyl or cyclic N) is 1. The molecule has 0 spiro atoms. The second kappa shape index (κ2) is 7.51. The molecule has 2 rings (SSSR count). The molecule has 0 amide bonds. The summed E-state index contributed by atoms with van der Waals surface area (Å²) in [6, 6.07) is 0.889. The third kappa shape index (κ3) is 4.01. The first-order valence-corrected chi connectivity index (χ1v) is 7.33. The van der Waals surface area contributed by atoms with Crippen molar-refractivity contribution < 1.29 is 13.9 Å². The SMILES string of the molecule is CCCNc1nc(N2CCN(CCO)CC2)c(F)cc1F. The smallest absolute Gasteiger partial charge is 0.168 e. The number of hydrogen-bond donors (Lipinski definition) is 2. The largest absolute Gasteiger partial charge is 0.395 e. The normalized spacial score (nSPS) is 16.3. The second-order valence-electron chi connectivity index (χ2n) is 5.10. The van der Waals surface area contributed by atoms with Gasteiger partial charge in [0.2, 0.25) is 0 Å². The van der Waals surface area contributed by atoms with Crippen molar-refractivity contribution >= 4 is 11.6 Å². The number of hydrogen-bond acceptors (Lipinski definition) is 5. The van der Waals surface area contributed by atoms with Crippen molar-refractivity contribution in [3.63, 3.8) is 0 Å². The molecule has 1 fully saturated rings. The summed E-state index contributed by atoms with van der Waals surface area (Å²) in [4.78, 5) is 8.03. The number of halogens is 2. The van der Waals surface area contributed by atoms with Gasteiger partial charge in [0.15, 0.2) is 23.3 Å². The average Bonchev–Trinajstić information content (AvgIpc) is 2.48.